The van der Waals surface area contributed by atoms with E-state index < -0.39 is 0 Å². The molecular formula is C30H34N6O2. The van der Waals surface area contributed by atoms with Crippen LogP contribution < -0.4 is 10.6 Å². The lowest BCUT2D eigenvalue weighted by Gasteiger charge is -2.22. The van der Waals surface area contributed by atoms with Gasteiger partial charge in [0.05, 0.1) is 30.4 Å². The van der Waals surface area contributed by atoms with Gasteiger partial charge in [-0.25, -0.2) is 9.97 Å². The van der Waals surface area contributed by atoms with Gasteiger partial charge in [-0.2, -0.15) is 0 Å². The van der Waals surface area contributed by atoms with E-state index in [1.807, 2.05) is 43.3 Å². The second-order valence-electron chi connectivity index (χ2n) is 9.79. The van der Waals surface area contributed by atoms with E-state index in [9.17, 15) is 4.79 Å². The van der Waals surface area contributed by atoms with Gasteiger partial charge in [0, 0.05) is 59.5 Å². The van der Waals surface area contributed by atoms with Crippen molar-refractivity contribution in [3.05, 3.63) is 84.1 Å². The van der Waals surface area contributed by atoms with Crippen molar-refractivity contribution in [2.24, 2.45) is 0 Å². The first-order chi connectivity index (χ1) is 18.3. The van der Waals surface area contributed by atoms with Crippen LogP contribution in [0.3, 0.4) is 0 Å². The number of amides is 1. The summed E-state index contributed by atoms with van der Waals surface area (Å²) in [6.45, 7) is 9.64. The number of rotatable bonds is 10. The molecule has 0 saturated heterocycles. The Kier molecular flexibility index (Phi) is 8.43. The second kappa shape index (κ2) is 11.9. The highest BCUT2D eigenvalue weighted by Gasteiger charge is 2.21. The van der Waals surface area contributed by atoms with Gasteiger partial charge in [0.25, 0.3) is 5.91 Å². The molecule has 0 aliphatic rings. The quantitative estimate of drug-likeness (QED) is 0.256. The van der Waals surface area contributed by atoms with Gasteiger partial charge in [-0.05, 0) is 55.3 Å². The minimum atomic E-state index is -0.180. The molecule has 4 aromatic rings. The molecule has 38 heavy (non-hydrogen) atoms. The number of anilines is 2. The van der Waals surface area contributed by atoms with Crippen molar-refractivity contribution in [1.82, 2.24) is 19.9 Å². The average Bonchev–Trinajstić information content (AvgIpc) is 2.94. The van der Waals surface area contributed by atoms with Gasteiger partial charge in [-0.15, -0.1) is 0 Å². The SMILES string of the molecule is CCC(C)(C)c1cc(C(=O)Nc2ccc(C)c(-c3cncc(-c4ccnc(NCCOC)c4)n3)c2)ccn1. The number of nitrogens with zero attached hydrogens (tertiary/aromatic N) is 4. The monoisotopic (exact) mass is 510 g/mol. The van der Waals surface area contributed by atoms with Crippen LogP contribution in [0, 0.1) is 6.92 Å². The summed E-state index contributed by atoms with van der Waals surface area (Å²) < 4.78 is 5.09. The second-order valence-corrected chi connectivity index (χ2v) is 9.79. The third kappa shape index (κ3) is 6.39. The average molecular weight is 511 g/mol. The fourth-order valence-electron chi connectivity index (χ4n) is 3.90. The molecule has 0 bridgehead atoms. The first kappa shape index (κ1) is 26.9. The van der Waals surface area contributed by atoms with Crippen LogP contribution in [0.25, 0.3) is 22.5 Å². The zero-order chi connectivity index (χ0) is 27.1. The van der Waals surface area contributed by atoms with Crippen LogP contribution in [0.2, 0.25) is 0 Å². The fourth-order valence-corrected chi connectivity index (χ4v) is 3.90. The summed E-state index contributed by atoms with van der Waals surface area (Å²) in [4.78, 5) is 31.3. The Balaban J connectivity index is 1.57. The molecule has 3 heterocycles. The van der Waals surface area contributed by atoms with Crippen molar-refractivity contribution in [2.45, 2.75) is 39.5 Å². The maximum atomic E-state index is 13.1. The van der Waals surface area contributed by atoms with Crippen LogP contribution in [-0.2, 0) is 10.2 Å². The van der Waals surface area contributed by atoms with E-state index >= 15 is 0 Å². The first-order valence-corrected chi connectivity index (χ1v) is 12.7. The Hall–Kier alpha value is -4.17. The summed E-state index contributed by atoms with van der Waals surface area (Å²) in [7, 11) is 1.66. The molecular weight excluding hydrogens is 476 g/mol. The summed E-state index contributed by atoms with van der Waals surface area (Å²) >= 11 is 0. The number of hydrogen-bond donors (Lipinski definition) is 2. The lowest BCUT2D eigenvalue weighted by Crippen LogP contribution is -2.19. The van der Waals surface area contributed by atoms with Gasteiger partial charge in [0.15, 0.2) is 0 Å². The third-order valence-corrected chi connectivity index (χ3v) is 6.67. The summed E-state index contributed by atoms with van der Waals surface area (Å²) in [6, 6.07) is 13.3. The Labute approximate surface area is 224 Å². The largest absolute Gasteiger partial charge is 0.383 e. The molecule has 0 aliphatic heterocycles. The molecule has 3 aromatic heterocycles. The van der Waals surface area contributed by atoms with Crippen LogP contribution >= 0.6 is 0 Å². The van der Waals surface area contributed by atoms with Gasteiger partial charge in [0.1, 0.15) is 5.82 Å². The van der Waals surface area contributed by atoms with E-state index in [2.05, 4.69) is 46.4 Å². The molecule has 0 spiro atoms. The molecule has 0 saturated carbocycles. The van der Waals surface area contributed by atoms with Crippen molar-refractivity contribution in [3.63, 3.8) is 0 Å². The highest BCUT2D eigenvalue weighted by molar-refractivity contribution is 6.04. The lowest BCUT2D eigenvalue weighted by atomic mass is 9.85. The fraction of sp³-hybridized carbons (Fsp3) is 0.300. The van der Waals surface area contributed by atoms with E-state index in [0.717, 1.165) is 46.0 Å². The number of benzene rings is 1. The number of nitrogens with one attached hydrogen (secondary N) is 2. The van der Waals surface area contributed by atoms with Crippen molar-refractivity contribution >= 4 is 17.4 Å². The zero-order valence-electron chi connectivity index (χ0n) is 22.6. The Morgan fingerprint density at radius 2 is 1.79 bits per heavy atom. The molecule has 196 valence electrons. The normalized spacial score (nSPS) is 11.3. The highest BCUT2D eigenvalue weighted by Crippen LogP contribution is 2.28. The van der Waals surface area contributed by atoms with Crippen LogP contribution in [-0.4, -0.2) is 46.1 Å². The van der Waals surface area contributed by atoms with Crippen LogP contribution in [0.1, 0.15) is 48.8 Å². The molecule has 0 aliphatic carbocycles. The number of hydrogen-bond acceptors (Lipinski definition) is 7. The van der Waals surface area contributed by atoms with Crippen molar-refractivity contribution in [1.29, 1.82) is 0 Å². The number of carbonyl (C=O) groups is 1. The van der Waals surface area contributed by atoms with Crippen LogP contribution in [0.15, 0.2) is 67.3 Å². The van der Waals surface area contributed by atoms with E-state index in [-0.39, 0.29) is 11.3 Å². The molecule has 1 aromatic carbocycles. The van der Waals surface area contributed by atoms with E-state index in [1.54, 1.807) is 38.0 Å². The minimum absolute atomic E-state index is 0.105. The predicted octanol–water partition coefficient (Wildman–Crippen LogP) is 5.91. The zero-order valence-corrected chi connectivity index (χ0v) is 22.6. The molecule has 0 radical (unpaired) electrons. The predicted molar refractivity (Wildman–Crippen MR) is 151 cm³/mol. The van der Waals surface area contributed by atoms with Gasteiger partial charge >= 0.3 is 0 Å². The number of aryl methyl sites for hydroxylation is 1. The van der Waals surface area contributed by atoms with Crippen molar-refractivity contribution < 1.29 is 9.53 Å². The minimum Gasteiger partial charge on any atom is -0.383 e. The summed E-state index contributed by atoms with van der Waals surface area (Å²) in [5.41, 5.74) is 6.34. The first-order valence-electron chi connectivity index (χ1n) is 12.7. The van der Waals surface area contributed by atoms with Gasteiger partial charge < -0.3 is 15.4 Å². The maximum absolute atomic E-state index is 13.1. The van der Waals surface area contributed by atoms with E-state index in [4.69, 9.17) is 9.72 Å². The molecule has 8 heteroatoms. The summed E-state index contributed by atoms with van der Waals surface area (Å²) in [5.74, 6) is 0.565. The smallest absolute Gasteiger partial charge is 0.255 e. The van der Waals surface area contributed by atoms with Crippen LogP contribution in [0.5, 0.6) is 0 Å². The van der Waals surface area contributed by atoms with Gasteiger partial charge in [-0.3, -0.25) is 14.8 Å². The topological polar surface area (TPSA) is 102 Å². The Morgan fingerprint density at radius 1 is 1.00 bits per heavy atom. The van der Waals surface area contributed by atoms with E-state index in [1.165, 1.54) is 0 Å². The summed E-state index contributed by atoms with van der Waals surface area (Å²) in [5, 5.41) is 6.27. The maximum Gasteiger partial charge on any atom is 0.255 e. The third-order valence-electron chi connectivity index (χ3n) is 6.67. The number of methoxy groups -OCH3 is 1. The highest BCUT2D eigenvalue weighted by atomic mass is 16.5. The number of pyridine rings is 2. The van der Waals surface area contributed by atoms with E-state index in [0.29, 0.717) is 24.4 Å². The lowest BCUT2D eigenvalue weighted by molar-refractivity contribution is 0.102. The Morgan fingerprint density at radius 3 is 2.58 bits per heavy atom. The molecule has 8 nitrogen and oxygen atoms in total. The Bertz CT molecular complexity index is 1420. The van der Waals surface area contributed by atoms with Gasteiger partial charge in [0.2, 0.25) is 0 Å². The summed E-state index contributed by atoms with van der Waals surface area (Å²) in [6.07, 6.45) is 7.83. The molecule has 4 rings (SSSR count). The molecule has 0 fully saturated rings. The molecule has 2 N–H and O–H groups in total. The number of ether oxygens (including phenoxy) is 1. The van der Waals surface area contributed by atoms with Crippen molar-refractivity contribution in [3.8, 4) is 22.5 Å². The number of aromatic nitrogens is 4. The standard InChI is InChI=1S/C30H34N6O2/c1-6-30(3,4)27-15-22(10-11-32-27)29(37)35-23-8-7-20(2)24(17-23)26-19-31-18-25(36-26)21-9-12-33-28(16-21)34-13-14-38-5/h7-12,15-19H,6,13-14H2,1-5H3,(H,33,34)(H,35,37). The van der Waals surface area contributed by atoms with Gasteiger partial charge in [-0.1, -0.05) is 26.8 Å². The number of carbonyl (C=O) groups excluding carboxylic acids is 1. The molecule has 1 amide bonds. The van der Waals surface area contributed by atoms with Crippen molar-refractivity contribution in [2.75, 3.05) is 30.9 Å². The molecule has 0 unspecified atom stereocenters. The van der Waals surface area contributed by atoms with Crippen LogP contribution in [0.4, 0.5) is 11.5 Å². The molecule has 0 atom stereocenters.